The zero-order valence-corrected chi connectivity index (χ0v) is 23.9. The van der Waals surface area contributed by atoms with E-state index in [1.165, 1.54) is 21.6 Å². The maximum Gasteiger partial charge on any atom is 0.407 e. The first kappa shape index (κ1) is 29.3. The third-order valence-corrected chi connectivity index (χ3v) is 7.67. The minimum Gasteiger partial charge on any atom is -0.465 e. The molecule has 5 rings (SSSR count). The number of halogens is 3. The molecule has 1 aliphatic heterocycles. The van der Waals surface area contributed by atoms with Crippen LogP contribution in [0.4, 0.5) is 19.4 Å². The number of hydrogen-bond donors (Lipinski definition) is 2. The van der Waals surface area contributed by atoms with E-state index in [2.05, 4.69) is 15.0 Å². The van der Waals surface area contributed by atoms with Gasteiger partial charge in [-0.25, -0.2) is 27.9 Å². The second-order valence-electron chi connectivity index (χ2n) is 10.4. The molecule has 1 aromatic carbocycles. The number of pyridine rings is 2. The highest BCUT2D eigenvalue weighted by Crippen LogP contribution is 2.36. The average Bonchev–Trinajstić information content (AvgIpc) is 2.93. The van der Waals surface area contributed by atoms with Crippen LogP contribution in [0, 0.1) is 11.6 Å². The number of anilines is 1. The number of nitrogens with zero attached hydrogens (tertiary/aromatic N) is 6. The molecule has 42 heavy (non-hydrogen) atoms. The maximum absolute atomic E-state index is 15.9. The van der Waals surface area contributed by atoms with Crippen LogP contribution in [0.5, 0.6) is 0 Å². The molecule has 1 saturated heterocycles. The number of amides is 1. The number of benzene rings is 1. The molecule has 0 spiro atoms. The van der Waals surface area contributed by atoms with Crippen LogP contribution >= 0.6 is 11.6 Å². The van der Waals surface area contributed by atoms with Gasteiger partial charge in [0.05, 0.1) is 27.4 Å². The highest BCUT2D eigenvalue weighted by molar-refractivity contribution is 6.33. The van der Waals surface area contributed by atoms with Gasteiger partial charge in [0.15, 0.2) is 11.5 Å². The summed E-state index contributed by atoms with van der Waals surface area (Å²) in [4.78, 5) is 41.9. The third-order valence-electron chi connectivity index (χ3n) is 7.36. The van der Waals surface area contributed by atoms with Gasteiger partial charge in [-0.15, -0.1) is 0 Å². The summed E-state index contributed by atoms with van der Waals surface area (Å²) in [5, 5.41) is 19.4. The molecule has 1 atom stereocenters. The normalized spacial score (nSPS) is 15.6. The summed E-state index contributed by atoms with van der Waals surface area (Å²) in [5.41, 5.74) is 0.0625. The summed E-state index contributed by atoms with van der Waals surface area (Å²) >= 11 is 6.29. The molecule has 3 aromatic heterocycles. The first-order chi connectivity index (χ1) is 20.0. The van der Waals surface area contributed by atoms with Gasteiger partial charge in [0.1, 0.15) is 17.3 Å². The summed E-state index contributed by atoms with van der Waals surface area (Å²) in [5.74, 6) is -1.71. The van der Waals surface area contributed by atoms with Gasteiger partial charge in [-0.3, -0.25) is 4.98 Å². The molecule has 2 N–H and O–H groups in total. The number of rotatable bonds is 6. The molecule has 220 valence electrons. The second-order valence-corrected chi connectivity index (χ2v) is 10.9. The predicted molar refractivity (Wildman–Crippen MR) is 155 cm³/mol. The van der Waals surface area contributed by atoms with E-state index in [1.807, 2.05) is 13.8 Å². The van der Waals surface area contributed by atoms with Gasteiger partial charge in [-0.2, -0.15) is 4.98 Å². The Hall–Kier alpha value is -4.16. The van der Waals surface area contributed by atoms with Crippen molar-refractivity contribution in [1.82, 2.24) is 24.4 Å². The molecule has 13 heteroatoms. The van der Waals surface area contributed by atoms with Gasteiger partial charge < -0.3 is 20.0 Å². The van der Waals surface area contributed by atoms with E-state index >= 15 is 8.78 Å². The van der Waals surface area contributed by atoms with Crippen LogP contribution in [0.2, 0.25) is 5.02 Å². The lowest BCUT2D eigenvalue weighted by atomic mass is 10.0. The van der Waals surface area contributed by atoms with Gasteiger partial charge in [0.2, 0.25) is 0 Å². The summed E-state index contributed by atoms with van der Waals surface area (Å²) in [6.45, 7) is 5.84. The van der Waals surface area contributed by atoms with E-state index in [1.54, 1.807) is 24.1 Å². The van der Waals surface area contributed by atoms with E-state index in [-0.39, 0.29) is 66.0 Å². The van der Waals surface area contributed by atoms with Gasteiger partial charge in [0.25, 0.3) is 0 Å². The van der Waals surface area contributed by atoms with Crippen molar-refractivity contribution in [3.05, 3.63) is 74.9 Å². The molecule has 4 heterocycles. The van der Waals surface area contributed by atoms with E-state index in [9.17, 15) is 19.8 Å². The van der Waals surface area contributed by atoms with Crippen molar-refractivity contribution < 1.29 is 23.8 Å². The smallest absolute Gasteiger partial charge is 0.407 e. The highest BCUT2D eigenvalue weighted by atomic mass is 35.5. The fourth-order valence-electron chi connectivity index (χ4n) is 5.39. The number of carboxylic acid groups (broad SMARTS) is 1. The topological polar surface area (TPSA) is 125 Å². The molecule has 1 fully saturated rings. The van der Waals surface area contributed by atoms with Crippen LogP contribution < -0.4 is 10.6 Å². The number of fused-ring (bicyclic) bond motifs is 1. The molecule has 0 aliphatic carbocycles. The highest BCUT2D eigenvalue weighted by Gasteiger charge is 2.31. The van der Waals surface area contributed by atoms with Crippen molar-refractivity contribution in [2.24, 2.45) is 0 Å². The zero-order valence-electron chi connectivity index (χ0n) is 23.2. The Balaban J connectivity index is 1.87. The molecule has 0 bridgehead atoms. The summed E-state index contributed by atoms with van der Waals surface area (Å²) in [7, 11) is 0. The standard InChI is InChI=1S/C29H29ClF2N6O4/c1-15(2)23-25(17(8-12-39)7-9-33-23)38-27-18(13-21(32)24(34-27)22-19(30)5-4-6-20(22)31)26(35-28(38)40)37-11-10-36(29(41)42)14-16(37)3/h4-7,9,13,15-16,39H,8,10-12,14H2,1-3H3,(H,41,42)/t16-/m0/s1. The molecule has 10 nitrogen and oxygen atoms in total. The lowest BCUT2D eigenvalue weighted by Gasteiger charge is -2.39. The Kier molecular flexibility index (Phi) is 8.11. The Morgan fingerprint density at radius 3 is 2.57 bits per heavy atom. The van der Waals surface area contributed by atoms with Gasteiger partial charge in [0, 0.05) is 38.5 Å². The number of aliphatic hydroxyl groups excluding tert-OH is 1. The predicted octanol–water partition coefficient (Wildman–Crippen LogP) is 4.62. The molecular weight excluding hydrogens is 570 g/mol. The molecule has 4 aromatic rings. The number of carbonyl (C=O) groups is 1. The number of piperazine rings is 1. The van der Waals surface area contributed by atoms with Crippen LogP contribution in [-0.2, 0) is 6.42 Å². The molecule has 1 amide bonds. The van der Waals surface area contributed by atoms with Crippen LogP contribution in [-0.4, -0.2) is 73.0 Å². The summed E-state index contributed by atoms with van der Waals surface area (Å²) in [6, 6.07) is 6.36. The minimum atomic E-state index is -1.07. The van der Waals surface area contributed by atoms with Crippen molar-refractivity contribution in [3.8, 4) is 16.9 Å². The largest absolute Gasteiger partial charge is 0.465 e. The Bertz CT molecular complexity index is 1730. The van der Waals surface area contributed by atoms with Crippen LogP contribution in [0.25, 0.3) is 28.0 Å². The number of aliphatic hydroxyl groups is 1. The quantitative estimate of drug-likeness (QED) is 0.329. The Morgan fingerprint density at radius 2 is 1.93 bits per heavy atom. The van der Waals surface area contributed by atoms with Crippen molar-refractivity contribution in [2.75, 3.05) is 31.1 Å². The third kappa shape index (κ3) is 5.16. The zero-order chi connectivity index (χ0) is 30.3. The molecule has 1 aliphatic rings. The van der Waals surface area contributed by atoms with Gasteiger partial charge in [-0.1, -0.05) is 31.5 Å². The van der Waals surface area contributed by atoms with Gasteiger partial charge in [-0.05, 0) is 49.1 Å². The number of aromatic nitrogens is 4. The van der Waals surface area contributed by atoms with Crippen molar-refractivity contribution in [3.63, 3.8) is 0 Å². The van der Waals surface area contributed by atoms with Crippen molar-refractivity contribution in [2.45, 2.75) is 39.2 Å². The Labute approximate surface area is 244 Å². The maximum atomic E-state index is 15.9. The SMILES string of the molecule is CC(C)c1nccc(CCO)c1-n1c(=O)nc(N2CCN(C(=O)O)C[C@@H]2C)c2cc(F)c(-c3c(F)cccc3Cl)nc21. The molecule has 0 unspecified atom stereocenters. The van der Waals surface area contributed by atoms with E-state index in [4.69, 9.17) is 11.6 Å². The second kappa shape index (κ2) is 11.6. The summed E-state index contributed by atoms with van der Waals surface area (Å²) < 4.78 is 32.1. The molecule has 0 radical (unpaired) electrons. The van der Waals surface area contributed by atoms with Gasteiger partial charge >= 0.3 is 11.8 Å². The molecular formula is C29H29ClF2N6O4. The first-order valence-corrected chi connectivity index (χ1v) is 13.8. The summed E-state index contributed by atoms with van der Waals surface area (Å²) in [6.07, 6.45) is 0.706. The average molecular weight is 599 g/mol. The fraction of sp³-hybridized carbons (Fsp3) is 0.345. The van der Waals surface area contributed by atoms with Crippen LogP contribution in [0.1, 0.15) is 37.9 Å². The van der Waals surface area contributed by atoms with Crippen molar-refractivity contribution >= 4 is 34.5 Å². The monoisotopic (exact) mass is 598 g/mol. The van der Waals surface area contributed by atoms with E-state index in [0.29, 0.717) is 16.9 Å². The van der Waals surface area contributed by atoms with Crippen LogP contribution in [0.15, 0.2) is 41.3 Å². The fourth-order valence-corrected chi connectivity index (χ4v) is 5.64. The van der Waals surface area contributed by atoms with E-state index < -0.39 is 35.2 Å². The Morgan fingerprint density at radius 1 is 1.17 bits per heavy atom. The lowest BCUT2D eigenvalue weighted by Crippen LogP contribution is -2.54. The molecule has 0 saturated carbocycles. The van der Waals surface area contributed by atoms with Crippen LogP contribution in [0.3, 0.4) is 0 Å². The lowest BCUT2D eigenvalue weighted by molar-refractivity contribution is 0.136. The number of hydrogen-bond acceptors (Lipinski definition) is 7. The first-order valence-electron chi connectivity index (χ1n) is 13.4. The minimum absolute atomic E-state index is 0.0114. The van der Waals surface area contributed by atoms with E-state index in [0.717, 1.165) is 12.1 Å². The van der Waals surface area contributed by atoms with Crippen molar-refractivity contribution in [1.29, 1.82) is 0 Å².